The van der Waals surface area contributed by atoms with Gasteiger partial charge in [0.05, 0.1) is 0 Å². The van der Waals surface area contributed by atoms with Gasteiger partial charge in [0, 0.05) is 32.1 Å². The van der Waals surface area contributed by atoms with Gasteiger partial charge in [0.25, 0.3) is 0 Å². The van der Waals surface area contributed by atoms with Crippen LogP contribution in [-0.4, -0.2) is 14.8 Å². The number of benzene rings is 3. The molecule has 0 spiro atoms. The van der Waals surface area contributed by atoms with E-state index in [9.17, 15) is 0 Å². The van der Waals surface area contributed by atoms with Crippen molar-refractivity contribution in [3.05, 3.63) is 93.4 Å². The molecule has 140 valence electrons. The van der Waals surface area contributed by atoms with E-state index in [2.05, 4.69) is 10.2 Å². The molecule has 3 nitrogen and oxygen atoms in total. The molecule has 0 aliphatic heterocycles. The summed E-state index contributed by atoms with van der Waals surface area (Å²) < 4.78 is 2.04. The average molecular weight is 447 g/mol. The number of nitrogens with zero attached hydrogens (tertiary/aromatic N) is 3. The summed E-state index contributed by atoms with van der Waals surface area (Å²) in [5, 5.41) is 11.6. The monoisotopic (exact) mass is 445 g/mol. The van der Waals surface area contributed by atoms with Gasteiger partial charge >= 0.3 is 0 Å². The Bertz CT molecular complexity index is 1100. The van der Waals surface area contributed by atoms with Crippen molar-refractivity contribution < 1.29 is 0 Å². The van der Waals surface area contributed by atoms with Crippen molar-refractivity contribution in [1.29, 1.82) is 0 Å². The molecule has 0 radical (unpaired) electrons. The van der Waals surface area contributed by atoms with Crippen molar-refractivity contribution in [3.8, 4) is 17.1 Å². The minimum atomic E-state index is 0.622. The molecule has 4 rings (SSSR count). The van der Waals surface area contributed by atoms with Crippen molar-refractivity contribution in [2.75, 3.05) is 0 Å². The first-order chi connectivity index (χ1) is 13.6. The number of rotatable bonds is 5. The highest BCUT2D eigenvalue weighted by molar-refractivity contribution is 7.98. The molecule has 1 aromatic heterocycles. The largest absolute Gasteiger partial charge is 0.270 e. The van der Waals surface area contributed by atoms with Gasteiger partial charge in [-0.3, -0.25) is 4.57 Å². The van der Waals surface area contributed by atoms with Crippen LogP contribution in [0.15, 0.2) is 78.0 Å². The number of halogens is 3. The van der Waals surface area contributed by atoms with Gasteiger partial charge in [-0.2, -0.15) is 0 Å². The van der Waals surface area contributed by atoms with E-state index in [-0.39, 0.29) is 0 Å². The van der Waals surface area contributed by atoms with E-state index >= 15 is 0 Å². The summed E-state index contributed by atoms with van der Waals surface area (Å²) in [4.78, 5) is 0. The lowest BCUT2D eigenvalue weighted by Crippen LogP contribution is -1.99. The third-order valence-corrected chi connectivity index (χ3v) is 5.94. The number of aromatic nitrogens is 3. The fourth-order valence-electron chi connectivity index (χ4n) is 2.74. The van der Waals surface area contributed by atoms with E-state index in [1.54, 1.807) is 17.8 Å². The summed E-state index contributed by atoms with van der Waals surface area (Å²) in [6, 6.07) is 23.1. The van der Waals surface area contributed by atoms with E-state index in [1.807, 2.05) is 71.3 Å². The van der Waals surface area contributed by atoms with Crippen molar-refractivity contribution in [2.24, 2.45) is 0 Å². The van der Waals surface area contributed by atoms with Crippen molar-refractivity contribution >= 4 is 46.6 Å². The number of para-hydroxylation sites is 1. The maximum absolute atomic E-state index is 6.32. The van der Waals surface area contributed by atoms with Gasteiger partial charge in [-0.1, -0.05) is 70.8 Å². The fourth-order valence-corrected chi connectivity index (χ4v) is 4.38. The van der Waals surface area contributed by atoms with Crippen molar-refractivity contribution in [3.63, 3.8) is 0 Å². The van der Waals surface area contributed by atoms with Gasteiger partial charge in [-0.25, -0.2) is 0 Å². The molecule has 0 fully saturated rings. The third-order valence-electron chi connectivity index (χ3n) is 4.12. The zero-order chi connectivity index (χ0) is 19.5. The lowest BCUT2D eigenvalue weighted by molar-refractivity contribution is 0.886. The lowest BCUT2D eigenvalue weighted by Gasteiger charge is -2.11. The first kappa shape index (κ1) is 19.3. The van der Waals surface area contributed by atoms with Gasteiger partial charge in [0.1, 0.15) is 0 Å². The van der Waals surface area contributed by atoms with Crippen LogP contribution in [0.3, 0.4) is 0 Å². The highest BCUT2D eigenvalue weighted by atomic mass is 35.5. The Hall–Kier alpha value is -1.98. The standard InChI is InChI=1S/C21H14Cl3N3S/c22-16-9-6-14(7-10-16)20-25-26-21(27(20)18-4-2-1-3-5-18)28-13-15-8-11-17(23)12-19(15)24/h1-12H,13H2. The van der Waals surface area contributed by atoms with Gasteiger partial charge in [0.2, 0.25) is 0 Å². The first-order valence-electron chi connectivity index (χ1n) is 8.45. The van der Waals surface area contributed by atoms with Gasteiger partial charge in [-0.05, 0) is 54.1 Å². The third kappa shape index (κ3) is 4.20. The highest BCUT2D eigenvalue weighted by Crippen LogP contribution is 2.32. The second-order valence-electron chi connectivity index (χ2n) is 6.01. The smallest absolute Gasteiger partial charge is 0.196 e. The maximum Gasteiger partial charge on any atom is 0.196 e. The van der Waals surface area contributed by atoms with E-state index in [0.29, 0.717) is 20.8 Å². The Kier molecular flexibility index (Phi) is 5.93. The molecule has 1 heterocycles. The second kappa shape index (κ2) is 8.58. The van der Waals surface area contributed by atoms with Crippen LogP contribution in [0, 0.1) is 0 Å². The highest BCUT2D eigenvalue weighted by Gasteiger charge is 2.16. The van der Waals surface area contributed by atoms with E-state index in [1.165, 1.54) is 0 Å². The Morgan fingerprint density at radius 2 is 1.50 bits per heavy atom. The van der Waals surface area contributed by atoms with Gasteiger partial charge < -0.3 is 0 Å². The van der Waals surface area contributed by atoms with Gasteiger partial charge in [0.15, 0.2) is 11.0 Å². The molecule has 0 N–H and O–H groups in total. The Labute approximate surface area is 182 Å². The molecule has 3 aromatic carbocycles. The second-order valence-corrected chi connectivity index (χ2v) is 8.23. The molecule has 0 amide bonds. The van der Waals surface area contributed by atoms with E-state index in [0.717, 1.165) is 27.8 Å². The van der Waals surface area contributed by atoms with Gasteiger partial charge in [-0.15, -0.1) is 10.2 Å². The molecule has 0 saturated carbocycles. The van der Waals surface area contributed by atoms with Crippen LogP contribution in [0.1, 0.15) is 5.56 Å². The Morgan fingerprint density at radius 1 is 0.786 bits per heavy atom. The lowest BCUT2D eigenvalue weighted by atomic mass is 10.2. The first-order valence-corrected chi connectivity index (χ1v) is 10.6. The van der Waals surface area contributed by atoms with Crippen LogP contribution < -0.4 is 0 Å². The maximum atomic E-state index is 6.32. The number of hydrogen-bond acceptors (Lipinski definition) is 3. The van der Waals surface area contributed by atoms with Crippen LogP contribution in [0.4, 0.5) is 0 Å². The number of hydrogen-bond donors (Lipinski definition) is 0. The van der Waals surface area contributed by atoms with E-state index in [4.69, 9.17) is 34.8 Å². The van der Waals surface area contributed by atoms with Crippen LogP contribution in [0.25, 0.3) is 17.1 Å². The molecule has 4 aromatic rings. The van der Waals surface area contributed by atoms with E-state index < -0.39 is 0 Å². The minimum absolute atomic E-state index is 0.622. The number of thioether (sulfide) groups is 1. The zero-order valence-corrected chi connectivity index (χ0v) is 17.6. The Morgan fingerprint density at radius 3 is 2.21 bits per heavy atom. The molecule has 7 heteroatoms. The summed E-state index contributed by atoms with van der Waals surface area (Å²) in [6.07, 6.45) is 0. The van der Waals surface area contributed by atoms with Crippen molar-refractivity contribution in [1.82, 2.24) is 14.8 Å². The molecule has 0 unspecified atom stereocenters. The summed E-state index contributed by atoms with van der Waals surface area (Å²) in [5.41, 5.74) is 2.92. The van der Waals surface area contributed by atoms with Crippen molar-refractivity contribution in [2.45, 2.75) is 10.9 Å². The summed E-state index contributed by atoms with van der Waals surface area (Å²) in [5.74, 6) is 1.41. The van der Waals surface area contributed by atoms with Crippen LogP contribution in [0.2, 0.25) is 15.1 Å². The molecule has 28 heavy (non-hydrogen) atoms. The molecule has 0 saturated heterocycles. The quantitative estimate of drug-likeness (QED) is 0.304. The SMILES string of the molecule is Clc1ccc(-c2nnc(SCc3ccc(Cl)cc3Cl)n2-c2ccccc2)cc1. The summed E-state index contributed by atoms with van der Waals surface area (Å²) >= 11 is 19.9. The Balaban J connectivity index is 1.72. The van der Waals surface area contributed by atoms with Crippen LogP contribution in [0.5, 0.6) is 0 Å². The van der Waals surface area contributed by atoms with Crippen LogP contribution in [-0.2, 0) is 5.75 Å². The molecule has 0 atom stereocenters. The molecular weight excluding hydrogens is 433 g/mol. The molecule has 0 bridgehead atoms. The predicted molar refractivity (Wildman–Crippen MR) is 118 cm³/mol. The van der Waals surface area contributed by atoms with Crippen LogP contribution >= 0.6 is 46.6 Å². The normalized spacial score (nSPS) is 11.0. The average Bonchev–Trinajstić information content (AvgIpc) is 3.12. The molecular formula is C21H14Cl3N3S. The molecule has 0 aliphatic carbocycles. The minimum Gasteiger partial charge on any atom is -0.270 e. The zero-order valence-electron chi connectivity index (χ0n) is 14.5. The summed E-state index contributed by atoms with van der Waals surface area (Å²) in [7, 11) is 0. The molecule has 0 aliphatic rings. The topological polar surface area (TPSA) is 30.7 Å². The fraction of sp³-hybridized carbons (Fsp3) is 0.0476. The summed E-state index contributed by atoms with van der Waals surface area (Å²) in [6.45, 7) is 0. The predicted octanol–water partition coefficient (Wildman–Crippen LogP) is 7.19.